The molecular formula is C21H30N6S. The number of aromatic nitrogens is 3. The highest BCUT2D eigenvalue weighted by atomic mass is 32.2. The molecule has 1 saturated carbocycles. The summed E-state index contributed by atoms with van der Waals surface area (Å²) in [5.74, 6) is 2.10. The lowest BCUT2D eigenvalue weighted by molar-refractivity contribution is 0.460. The molecule has 1 fully saturated rings. The lowest BCUT2D eigenvalue weighted by Crippen LogP contribution is -2.41. The zero-order valence-corrected chi connectivity index (χ0v) is 17.7. The highest BCUT2D eigenvalue weighted by Crippen LogP contribution is 2.33. The Kier molecular flexibility index (Phi) is 6.20. The number of nitrogens with zero attached hydrogens (tertiary/aromatic N) is 5. The maximum Gasteiger partial charge on any atom is 0.198 e. The Bertz CT molecular complexity index is 824. The Labute approximate surface area is 171 Å². The molecule has 1 aliphatic heterocycles. The minimum Gasteiger partial charge on any atom is -0.356 e. The number of para-hydroxylation sites is 1. The van der Waals surface area contributed by atoms with E-state index in [9.17, 15) is 0 Å². The largest absolute Gasteiger partial charge is 0.356 e. The minimum absolute atomic E-state index is 0.592. The first-order valence-corrected chi connectivity index (χ1v) is 11.6. The van der Waals surface area contributed by atoms with E-state index in [1.54, 1.807) is 11.8 Å². The third-order valence-electron chi connectivity index (χ3n) is 5.82. The van der Waals surface area contributed by atoms with Crippen LogP contribution in [0, 0.1) is 0 Å². The van der Waals surface area contributed by atoms with Crippen LogP contribution < -0.4 is 10.2 Å². The Hall–Kier alpha value is -2.02. The molecule has 6 nitrogen and oxygen atoms in total. The average Bonchev–Trinajstić information content (AvgIpc) is 3.47. The number of rotatable bonds is 6. The molecule has 1 aromatic carbocycles. The summed E-state index contributed by atoms with van der Waals surface area (Å²) in [6, 6.07) is 9.20. The number of aryl methyl sites for hydroxylation is 1. The molecule has 2 heterocycles. The standard InChI is InChI=1S/C21H30N6S/c1-22-20(26-15-13-16-8-3-6-11-18(16)26)23-14-7-12-19-24-25-21(28-2)27(19)17-9-4-5-10-17/h3,6,8,11,17H,4-5,7,9-10,12-15H2,1-2H3,(H,22,23). The molecule has 2 aromatic rings. The summed E-state index contributed by atoms with van der Waals surface area (Å²) in [6.07, 6.45) is 10.3. The van der Waals surface area contributed by atoms with Gasteiger partial charge in [0.25, 0.3) is 0 Å². The molecule has 0 saturated heterocycles. The first-order valence-electron chi connectivity index (χ1n) is 10.4. The van der Waals surface area contributed by atoms with E-state index in [2.05, 4.69) is 60.5 Å². The lowest BCUT2D eigenvalue weighted by Gasteiger charge is -2.22. The van der Waals surface area contributed by atoms with Crippen molar-refractivity contribution in [3.8, 4) is 0 Å². The Morgan fingerprint density at radius 2 is 2.07 bits per heavy atom. The number of benzene rings is 1. The van der Waals surface area contributed by atoms with Crippen LogP contribution in [0.2, 0.25) is 0 Å². The van der Waals surface area contributed by atoms with E-state index in [-0.39, 0.29) is 0 Å². The van der Waals surface area contributed by atoms with Crippen molar-refractivity contribution in [1.29, 1.82) is 0 Å². The summed E-state index contributed by atoms with van der Waals surface area (Å²) >= 11 is 1.71. The van der Waals surface area contributed by atoms with Gasteiger partial charge in [0.05, 0.1) is 0 Å². The van der Waals surface area contributed by atoms with E-state index >= 15 is 0 Å². The number of nitrogens with one attached hydrogen (secondary N) is 1. The van der Waals surface area contributed by atoms with Crippen LogP contribution in [-0.4, -0.2) is 47.1 Å². The molecule has 0 spiro atoms. The van der Waals surface area contributed by atoms with Crippen molar-refractivity contribution in [2.24, 2.45) is 4.99 Å². The second-order valence-electron chi connectivity index (χ2n) is 7.52. The van der Waals surface area contributed by atoms with Gasteiger partial charge in [0.1, 0.15) is 5.82 Å². The summed E-state index contributed by atoms with van der Waals surface area (Å²) in [5, 5.41) is 13.5. The molecule has 0 bridgehead atoms. The fourth-order valence-corrected chi connectivity index (χ4v) is 5.02. The fraction of sp³-hybridized carbons (Fsp3) is 0.571. The average molecular weight is 399 g/mol. The molecule has 4 rings (SSSR count). The zero-order valence-electron chi connectivity index (χ0n) is 16.9. The SMILES string of the molecule is CN=C(NCCCc1nnc(SC)n1C1CCCC1)N1CCc2ccccc21. The third-order valence-corrected chi connectivity index (χ3v) is 6.47. The van der Waals surface area contributed by atoms with Crippen molar-refractivity contribution < 1.29 is 0 Å². The van der Waals surface area contributed by atoms with Crippen LogP contribution in [0.25, 0.3) is 0 Å². The Morgan fingerprint density at radius 1 is 1.25 bits per heavy atom. The third kappa shape index (κ3) is 3.90. The van der Waals surface area contributed by atoms with Gasteiger partial charge in [-0.15, -0.1) is 10.2 Å². The van der Waals surface area contributed by atoms with Crippen molar-refractivity contribution in [2.45, 2.75) is 56.1 Å². The lowest BCUT2D eigenvalue weighted by atomic mass is 10.2. The van der Waals surface area contributed by atoms with Crippen LogP contribution in [0.15, 0.2) is 34.4 Å². The molecule has 1 N–H and O–H groups in total. The van der Waals surface area contributed by atoms with Gasteiger partial charge in [-0.3, -0.25) is 4.99 Å². The highest BCUT2D eigenvalue weighted by Gasteiger charge is 2.24. The highest BCUT2D eigenvalue weighted by molar-refractivity contribution is 7.98. The van der Waals surface area contributed by atoms with E-state index in [4.69, 9.17) is 0 Å². The summed E-state index contributed by atoms with van der Waals surface area (Å²) < 4.78 is 2.41. The van der Waals surface area contributed by atoms with Crippen LogP contribution in [-0.2, 0) is 12.8 Å². The number of fused-ring (bicyclic) bond motifs is 1. The van der Waals surface area contributed by atoms with Crippen LogP contribution in [0.1, 0.15) is 49.5 Å². The normalized spacial score (nSPS) is 17.4. The van der Waals surface area contributed by atoms with Crippen molar-refractivity contribution in [1.82, 2.24) is 20.1 Å². The van der Waals surface area contributed by atoms with Crippen molar-refractivity contribution in [3.05, 3.63) is 35.7 Å². The van der Waals surface area contributed by atoms with E-state index in [1.165, 1.54) is 36.9 Å². The van der Waals surface area contributed by atoms with Gasteiger partial charge >= 0.3 is 0 Å². The minimum atomic E-state index is 0.592. The van der Waals surface area contributed by atoms with Gasteiger partial charge in [0.15, 0.2) is 11.1 Å². The molecule has 2 aliphatic rings. The molecule has 0 radical (unpaired) electrons. The topological polar surface area (TPSA) is 58.3 Å². The van der Waals surface area contributed by atoms with Gasteiger partial charge in [0.2, 0.25) is 0 Å². The van der Waals surface area contributed by atoms with Gasteiger partial charge < -0.3 is 14.8 Å². The monoisotopic (exact) mass is 398 g/mol. The van der Waals surface area contributed by atoms with E-state index in [0.717, 1.165) is 49.3 Å². The molecule has 0 atom stereocenters. The quantitative estimate of drug-likeness (QED) is 0.348. The molecule has 0 unspecified atom stereocenters. The number of hydrogen-bond donors (Lipinski definition) is 1. The van der Waals surface area contributed by atoms with Crippen molar-refractivity contribution in [3.63, 3.8) is 0 Å². The Balaban J connectivity index is 1.34. The van der Waals surface area contributed by atoms with Gasteiger partial charge in [-0.05, 0) is 43.6 Å². The number of thioether (sulfide) groups is 1. The maximum absolute atomic E-state index is 4.51. The maximum atomic E-state index is 4.51. The summed E-state index contributed by atoms with van der Waals surface area (Å²) in [7, 11) is 1.87. The molecule has 7 heteroatoms. The molecule has 28 heavy (non-hydrogen) atoms. The first kappa shape index (κ1) is 19.3. The van der Waals surface area contributed by atoms with Crippen LogP contribution in [0.4, 0.5) is 5.69 Å². The van der Waals surface area contributed by atoms with Crippen molar-refractivity contribution in [2.75, 3.05) is 31.3 Å². The molecule has 1 aromatic heterocycles. The van der Waals surface area contributed by atoms with E-state index in [0.29, 0.717) is 6.04 Å². The van der Waals surface area contributed by atoms with Crippen LogP contribution in [0.5, 0.6) is 0 Å². The van der Waals surface area contributed by atoms with Crippen LogP contribution >= 0.6 is 11.8 Å². The smallest absolute Gasteiger partial charge is 0.198 e. The van der Waals surface area contributed by atoms with Crippen LogP contribution in [0.3, 0.4) is 0 Å². The van der Waals surface area contributed by atoms with E-state index < -0.39 is 0 Å². The van der Waals surface area contributed by atoms with E-state index in [1.807, 2.05) is 7.05 Å². The molecule has 1 aliphatic carbocycles. The predicted molar refractivity (Wildman–Crippen MR) is 116 cm³/mol. The summed E-state index contributed by atoms with van der Waals surface area (Å²) in [5.41, 5.74) is 2.68. The molecular weight excluding hydrogens is 368 g/mol. The molecule has 150 valence electrons. The number of aliphatic imine (C=N–C) groups is 1. The Morgan fingerprint density at radius 3 is 2.86 bits per heavy atom. The summed E-state index contributed by atoms with van der Waals surface area (Å²) in [4.78, 5) is 6.80. The van der Waals surface area contributed by atoms with Gasteiger partial charge in [-0.2, -0.15) is 0 Å². The molecule has 0 amide bonds. The van der Waals surface area contributed by atoms with Gasteiger partial charge in [0, 0.05) is 38.3 Å². The second kappa shape index (κ2) is 8.99. The van der Waals surface area contributed by atoms with Gasteiger partial charge in [-0.1, -0.05) is 42.8 Å². The number of hydrogen-bond acceptors (Lipinski definition) is 4. The number of guanidine groups is 1. The fourth-order valence-electron chi connectivity index (χ4n) is 4.45. The number of anilines is 1. The first-order chi connectivity index (χ1) is 13.8. The van der Waals surface area contributed by atoms with Crippen molar-refractivity contribution >= 4 is 23.4 Å². The summed E-state index contributed by atoms with van der Waals surface area (Å²) in [6.45, 7) is 1.88. The zero-order chi connectivity index (χ0) is 19.3. The van der Waals surface area contributed by atoms with Gasteiger partial charge in [-0.25, -0.2) is 0 Å². The predicted octanol–water partition coefficient (Wildman–Crippen LogP) is 3.69. The second-order valence-corrected chi connectivity index (χ2v) is 8.29.